The number of nitrogens with zero attached hydrogens (tertiary/aromatic N) is 1. The Kier molecular flexibility index (Phi) is 6.11. The molecule has 0 fully saturated rings. The molecule has 4 rings (SSSR count). The zero-order valence-corrected chi connectivity index (χ0v) is 18.4. The zero-order valence-electron chi connectivity index (χ0n) is 17.6. The van der Waals surface area contributed by atoms with Crippen LogP contribution in [0.4, 0.5) is 0 Å². The van der Waals surface area contributed by atoms with Crippen LogP contribution in [-0.2, 0) is 0 Å². The molecule has 0 aliphatic rings. The molecule has 5 heteroatoms. The topological polar surface area (TPSA) is 57.8 Å². The first kappa shape index (κ1) is 20.5. The molecule has 0 bridgehead atoms. The van der Waals surface area contributed by atoms with Gasteiger partial charge in [-0.1, -0.05) is 56.3 Å². The van der Waals surface area contributed by atoms with Gasteiger partial charge in [0.2, 0.25) is 0 Å². The second-order valence-corrected chi connectivity index (χ2v) is 8.76. The Morgan fingerprint density at radius 1 is 1.00 bits per heavy atom. The van der Waals surface area contributed by atoms with Gasteiger partial charge >= 0.3 is 0 Å². The van der Waals surface area contributed by atoms with Gasteiger partial charge in [0.15, 0.2) is 0 Å². The highest BCUT2D eigenvalue weighted by Gasteiger charge is 2.20. The van der Waals surface area contributed by atoms with Crippen LogP contribution >= 0.6 is 11.3 Å². The molecule has 0 radical (unpaired) electrons. The minimum Gasteiger partial charge on any atom is -0.309 e. The standard InChI is InChI=1S/C25H27N3OS/c1-4-16(2)18-11-13-19(14-12-18)23(22-10-7-15-30-22)26-17(3)24-27-21-9-6-5-8-20(21)25(29)28-24/h5-17,23,26H,4H2,1-3H3,(H,27,28,29)/t16-,17-,23-/m0/s1. The third-order valence-corrected chi connectivity index (χ3v) is 6.67. The number of nitrogens with one attached hydrogen (secondary N) is 2. The molecule has 3 atom stereocenters. The number of thiophene rings is 1. The number of hydrogen-bond donors (Lipinski definition) is 2. The van der Waals surface area contributed by atoms with E-state index in [2.05, 4.69) is 65.9 Å². The van der Waals surface area contributed by atoms with Gasteiger partial charge in [-0.25, -0.2) is 4.98 Å². The van der Waals surface area contributed by atoms with Crippen LogP contribution < -0.4 is 10.9 Å². The molecule has 0 unspecified atom stereocenters. The summed E-state index contributed by atoms with van der Waals surface area (Å²) in [6, 6.07) is 20.5. The first-order valence-corrected chi connectivity index (χ1v) is 11.3. The number of hydrogen-bond acceptors (Lipinski definition) is 4. The molecule has 4 aromatic rings. The molecule has 0 spiro atoms. The third-order valence-electron chi connectivity index (χ3n) is 5.74. The van der Waals surface area contributed by atoms with Gasteiger partial charge in [-0.3, -0.25) is 10.1 Å². The van der Waals surface area contributed by atoms with Crippen molar-refractivity contribution in [2.45, 2.75) is 45.2 Å². The summed E-state index contributed by atoms with van der Waals surface area (Å²) >= 11 is 1.73. The summed E-state index contributed by atoms with van der Waals surface area (Å²) in [5, 5.41) is 6.39. The predicted octanol–water partition coefficient (Wildman–Crippen LogP) is 5.94. The van der Waals surface area contributed by atoms with Crippen LogP contribution in [0.25, 0.3) is 10.9 Å². The Labute approximate surface area is 181 Å². The fourth-order valence-electron chi connectivity index (χ4n) is 3.69. The van der Waals surface area contributed by atoms with Crippen molar-refractivity contribution in [3.05, 3.63) is 98.2 Å². The molecule has 154 valence electrons. The van der Waals surface area contributed by atoms with E-state index in [4.69, 9.17) is 4.98 Å². The lowest BCUT2D eigenvalue weighted by Gasteiger charge is -2.23. The predicted molar refractivity (Wildman–Crippen MR) is 125 cm³/mol. The minimum atomic E-state index is -0.122. The van der Waals surface area contributed by atoms with Crippen molar-refractivity contribution in [3.63, 3.8) is 0 Å². The molecule has 2 aromatic carbocycles. The van der Waals surface area contributed by atoms with E-state index in [1.165, 1.54) is 16.0 Å². The second-order valence-electron chi connectivity index (χ2n) is 7.78. The van der Waals surface area contributed by atoms with Gasteiger partial charge < -0.3 is 4.98 Å². The van der Waals surface area contributed by atoms with Crippen LogP contribution in [0.5, 0.6) is 0 Å². The van der Waals surface area contributed by atoms with Gasteiger partial charge in [0.25, 0.3) is 5.56 Å². The van der Waals surface area contributed by atoms with E-state index in [-0.39, 0.29) is 17.6 Å². The quantitative estimate of drug-likeness (QED) is 0.391. The molecule has 0 saturated heterocycles. The first-order chi connectivity index (χ1) is 14.6. The van der Waals surface area contributed by atoms with E-state index in [1.54, 1.807) is 17.4 Å². The van der Waals surface area contributed by atoms with Gasteiger partial charge in [0, 0.05) is 4.88 Å². The van der Waals surface area contributed by atoms with Crippen molar-refractivity contribution in [2.75, 3.05) is 0 Å². The molecule has 4 nitrogen and oxygen atoms in total. The van der Waals surface area contributed by atoms with Gasteiger partial charge in [-0.2, -0.15) is 0 Å². The third kappa shape index (κ3) is 4.23. The Balaban J connectivity index is 1.65. The van der Waals surface area contributed by atoms with Crippen molar-refractivity contribution >= 4 is 22.2 Å². The van der Waals surface area contributed by atoms with Crippen LogP contribution in [0.1, 0.15) is 67.0 Å². The maximum atomic E-state index is 12.5. The lowest BCUT2D eigenvalue weighted by molar-refractivity contribution is 0.500. The summed E-state index contributed by atoms with van der Waals surface area (Å²) in [5.41, 5.74) is 3.18. The maximum Gasteiger partial charge on any atom is 0.258 e. The number of aromatic amines is 1. The molecule has 0 aliphatic heterocycles. The van der Waals surface area contributed by atoms with E-state index in [1.807, 2.05) is 25.1 Å². The highest BCUT2D eigenvalue weighted by atomic mass is 32.1. The fraction of sp³-hybridized carbons (Fsp3) is 0.280. The SMILES string of the molecule is CC[C@H](C)c1ccc([C@H](N[C@@H](C)c2nc3ccccc3c(=O)[nH]2)c2cccs2)cc1. The lowest BCUT2D eigenvalue weighted by Crippen LogP contribution is -2.28. The molecule has 30 heavy (non-hydrogen) atoms. The highest BCUT2D eigenvalue weighted by molar-refractivity contribution is 7.10. The fourth-order valence-corrected chi connectivity index (χ4v) is 4.50. The number of benzene rings is 2. The van der Waals surface area contributed by atoms with E-state index < -0.39 is 0 Å². The Morgan fingerprint density at radius 2 is 1.73 bits per heavy atom. The lowest BCUT2D eigenvalue weighted by atomic mass is 9.95. The van der Waals surface area contributed by atoms with Crippen LogP contribution in [-0.4, -0.2) is 9.97 Å². The zero-order chi connectivity index (χ0) is 21.1. The molecule has 0 amide bonds. The van der Waals surface area contributed by atoms with Crippen LogP contribution in [0.2, 0.25) is 0 Å². The van der Waals surface area contributed by atoms with Gasteiger partial charge in [-0.05, 0) is 54.0 Å². The van der Waals surface area contributed by atoms with E-state index in [0.29, 0.717) is 17.1 Å². The van der Waals surface area contributed by atoms with E-state index in [9.17, 15) is 4.79 Å². The van der Waals surface area contributed by atoms with Crippen LogP contribution in [0.15, 0.2) is 70.8 Å². The van der Waals surface area contributed by atoms with E-state index in [0.717, 1.165) is 11.9 Å². The van der Waals surface area contributed by atoms with E-state index >= 15 is 0 Å². The molecular weight excluding hydrogens is 390 g/mol. The second kappa shape index (κ2) is 8.94. The number of para-hydroxylation sites is 1. The summed E-state index contributed by atoms with van der Waals surface area (Å²) in [5.74, 6) is 1.20. The Morgan fingerprint density at radius 3 is 2.43 bits per heavy atom. The monoisotopic (exact) mass is 417 g/mol. The van der Waals surface area contributed by atoms with Gasteiger partial charge in [0.05, 0.1) is 23.0 Å². The van der Waals surface area contributed by atoms with Crippen molar-refractivity contribution in [2.24, 2.45) is 0 Å². The van der Waals surface area contributed by atoms with Crippen molar-refractivity contribution in [1.29, 1.82) is 0 Å². The molecule has 0 aliphatic carbocycles. The number of aromatic nitrogens is 2. The summed E-state index contributed by atoms with van der Waals surface area (Å²) < 4.78 is 0. The molecule has 2 aromatic heterocycles. The average Bonchev–Trinajstić information content (AvgIpc) is 3.31. The summed E-state index contributed by atoms with van der Waals surface area (Å²) in [6.45, 7) is 6.52. The maximum absolute atomic E-state index is 12.5. The normalized spacial score (nSPS) is 14.5. The number of fused-ring (bicyclic) bond motifs is 1. The number of H-pyrrole nitrogens is 1. The van der Waals surface area contributed by atoms with Crippen LogP contribution in [0, 0.1) is 0 Å². The summed E-state index contributed by atoms with van der Waals surface area (Å²) in [7, 11) is 0. The van der Waals surface area contributed by atoms with Crippen molar-refractivity contribution < 1.29 is 0 Å². The first-order valence-electron chi connectivity index (χ1n) is 10.4. The largest absolute Gasteiger partial charge is 0.309 e. The van der Waals surface area contributed by atoms with Crippen LogP contribution in [0.3, 0.4) is 0 Å². The van der Waals surface area contributed by atoms with Gasteiger partial charge in [0.1, 0.15) is 5.82 Å². The Hall–Kier alpha value is -2.76. The molecule has 0 saturated carbocycles. The summed E-state index contributed by atoms with van der Waals surface area (Å²) in [4.78, 5) is 21.4. The smallest absolute Gasteiger partial charge is 0.258 e. The van der Waals surface area contributed by atoms with Crippen molar-refractivity contribution in [1.82, 2.24) is 15.3 Å². The highest BCUT2D eigenvalue weighted by Crippen LogP contribution is 2.30. The summed E-state index contributed by atoms with van der Waals surface area (Å²) in [6.07, 6.45) is 1.13. The van der Waals surface area contributed by atoms with Gasteiger partial charge in [-0.15, -0.1) is 11.3 Å². The number of rotatable bonds is 7. The minimum absolute atomic E-state index is 0.0303. The average molecular weight is 418 g/mol. The molecular formula is C25H27N3OS. The molecule has 2 N–H and O–H groups in total. The Bertz CT molecular complexity index is 1170. The van der Waals surface area contributed by atoms with Crippen molar-refractivity contribution in [3.8, 4) is 0 Å². The molecule has 2 heterocycles.